The molecule has 0 bridgehead atoms. The summed E-state index contributed by atoms with van der Waals surface area (Å²) in [5.74, 6) is 0.750. The van der Waals surface area contributed by atoms with E-state index < -0.39 is 18.6 Å². The average molecular weight is 564 g/mol. The summed E-state index contributed by atoms with van der Waals surface area (Å²) in [5, 5.41) is 11.0. The lowest BCUT2D eigenvalue weighted by atomic mass is 10.1. The van der Waals surface area contributed by atoms with Gasteiger partial charge in [-0.2, -0.15) is 18.2 Å². The highest BCUT2D eigenvalue weighted by atomic mass is 19.4. The Bertz CT molecular complexity index is 1540. The Kier molecular flexibility index (Phi) is 8.71. The van der Waals surface area contributed by atoms with Crippen molar-refractivity contribution in [3.63, 3.8) is 0 Å². The van der Waals surface area contributed by atoms with Crippen molar-refractivity contribution in [1.29, 1.82) is 0 Å². The molecule has 41 heavy (non-hydrogen) atoms. The van der Waals surface area contributed by atoms with Gasteiger partial charge in [0, 0.05) is 48.6 Å². The molecule has 9 nitrogen and oxygen atoms in total. The fourth-order valence-electron chi connectivity index (χ4n) is 3.99. The van der Waals surface area contributed by atoms with Gasteiger partial charge in [-0.1, -0.05) is 18.2 Å². The highest BCUT2D eigenvalue weighted by molar-refractivity contribution is 6.00. The van der Waals surface area contributed by atoms with E-state index in [9.17, 15) is 22.8 Å². The third-order valence-corrected chi connectivity index (χ3v) is 6.05. The van der Waals surface area contributed by atoms with E-state index in [1.54, 1.807) is 49.6 Å². The summed E-state index contributed by atoms with van der Waals surface area (Å²) in [7, 11) is 3.40. The van der Waals surface area contributed by atoms with Gasteiger partial charge in [0.2, 0.25) is 5.95 Å². The van der Waals surface area contributed by atoms with Crippen LogP contribution in [-0.4, -0.2) is 42.2 Å². The van der Waals surface area contributed by atoms with Crippen molar-refractivity contribution in [3.05, 3.63) is 95.7 Å². The number of urea groups is 1. The van der Waals surface area contributed by atoms with Gasteiger partial charge in [-0.25, -0.2) is 9.78 Å². The maximum Gasteiger partial charge on any atom is 0.393 e. The molecule has 4 aromatic rings. The molecule has 0 radical (unpaired) electrons. The van der Waals surface area contributed by atoms with Crippen LogP contribution >= 0.6 is 0 Å². The molecule has 0 aliphatic carbocycles. The quantitative estimate of drug-likeness (QED) is 0.197. The number of alkyl halides is 3. The molecule has 3 aromatic carbocycles. The summed E-state index contributed by atoms with van der Waals surface area (Å²) in [6, 6.07) is 19.1. The van der Waals surface area contributed by atoms with Crippen LogP contribution < -0.4 is 26.2 Å². The Labute approximate surface area is 234 Å². The van der Waals surface area contributed by atoms with Crippen molar-refractivity contribution in [3.8, 4) is 0 Å². The Balaban J connectivity index is 1.39. The van der Waals surface area contributed by atoms with Crippen LogP contribution in [0.1, 0.15) is 21.5 Å². The molecular formula is C29H28F3N7O2. The summed E-state index contributed by atoms with van der Waals surface area (Å²) in [5.41, 5.74) is 3.62. The number of carbonyl (C=O) groups excluding carboxylic acids is 2. The van der Waals surface area contributed by atoms with Gasteiger partial charge < -0.3 is 26.2 Å². The van der Waals surface area contributed by atoms with E-state index in [4.69, 9.17) is 0 Å². The minimum absolute atomic E-state index is 0.0540. The van der Waals surface area contributed by atoms with E-state index in [0.29, 0.717) is 28.7 Å². The molecule has 0 aliphatic heterocycles. The molecule has 0 unspecified atom stereocenters. The minimum atomic E-state index is -4.33. The van der Waals surface area contributed by atoms with Gasteiger partial charge in [-0.3, -0.25) is 4.79 Å². The van der Waals surface area contributed by atoms with Crippen molar-refractivity contribution in [2.24, 2.45) is 0 Å². The molecule has 1 heterocycles. The third-order valence-electron chi connectivity index (χ3n) is 6.05. The summed E-state index contributed by atoms with van der Waals surface area (Å²) in [4.78, 5) is 35.2. The summed E-state index contributed by atoms with van der Waals surface area (Å²) in [6.07, 6.45) is -3.80. The molecule has 0 saturated heterocycles. The second kappa shape index (κ2) is 12.4. The van der Waals surface area contributed by atoms with Gasteiger partial charge >= 0.3 is 12.2 Å². The van der Waals surface area contributed by atoms with Gasteiger partial charge in [-0.05, 0) is 72.6 Å². The fourth-order valence-corrected chi connectivity index (χ4v) is 3.99. The highest BCUT2D eigenvalue weighted by Crippen LogP contribution is 2.26. The molecule has 0 fully saturated rings. The lowest BCUT2D eigenvalue weighted by Crippen LogP contribution is -2.20. The summed E-state index contributed by atoms with van der Waals surface area (Å²) >= 11 is 0. The molecule has 4 N–H and O–H groups in total. The van der Waals surface area contributed by atoms with E-state index in [0.717, 1.165) is 11.3 Å². The molecule has 0 atom stereocenters. The predicted octanol–water partition coefficient (Wildman–Crippen LogP) is 6.40. The Morgan fingerprint density at radius 3 is 2.32 bits per heavy atom. The Morgan fingerprint density at radius 2 is 1.61 bits per heavy atom. The number of anilines is 6. The highest BCUT2D eigenvalue weighted by Gasteiger charge is 2.27. The van der Waals surface area contributed by atoms with Crippen molar-refractivity contribution in [1.82, 2.24) is 15.3 Å². The molecule has 0 saturated carbocycles. The number of nitrogens with zero attached hydrogens (tertiary/aromatic N) is 3. The van der Waals surface area contributed by atoms with Gasteiger partial charge in [0.1, 0.15) is 5.82 Å². The zero-order valence-corrected chi connectivity index (χ0v) is 22.5. The van der Waals surface area contributed by atoms with Gasteiger partial charge in [-0.15, -0.1) is 0 Å². The molecule has 1 aromatic heterocycles. The predicted molar refractivity (Wildman–Crippen MR) is 153 cm³/mol. The zero-order valence-electron chi connectivity index (χ0n) is 22.5. The van der Waals surface area contributed by atoms with E-state index in [1.807, 2.05) is 31.0 Å². The number of rotatable bonds is 8. The van der Waals surface area contributed by atoms with Crippen molar-refractivity contribution in [2.45, 2.75) is 19.5 Å². The lowest BCUT2D eigenvalue weighted by Gasteiger charge is -2.19. The molecule has 12 heteroatoms. The van der Waals surface area contributed by atoms with E-state index in [2.05, 4.69) is 31.2 Å². The smallest absolute Gasteiger partial charge is 0.355 e. The van der Waals surface area contributed by atoms with E-state index >= 15 is 0 Å². The van der Waals surface area contributed by atoms with Gasteiger partial charge in [0.25, 0.3) is 5.91 Å². The number of aromatic nitrogens is 2. The molecular weight excluding hydrogens is 535 g/mol. The number of nitrogens with one attached hydrogen (secondary N) is 4. The number of halogens is 3. The SMILES string of the molecule is CNC(=O)c1cc(Nc2nccc(N(C)c3ccc(NC(=O)Nc4cccc(CC(F)(F)F)c4)cc3)n2)ccc1C. The Morgan fingerprint density at radius 1 is 0.902 bits per heavy atom. The number of aryl methyl sites for hydroxylation is 1. The number of carbonyl (C=O) groups is 2. The van der Waals surface area contributed by atoms with Crippen LogP contribution in [0.15, 0.2) is 79.0 Å². The summed E-state index contributed by atoms with van der Waals surface area (Å²) < 4.78 is 38.0. The topological polar surface area (TPSA) is 111 Å². The van der Waals surface area contributed by atoms with Crippen LogP contribution in [0.4, 0.5) is 52.5 Å². The maximum absolute atomic E-state index is 12.7. The molecule has 0 aliphatic rings. The minimum Gasteiger partial charge on any atom is -0.355 e. The second-order valence-electron chi connectivity index (χ2n) is 9.15. The van der Waals surface area contributed by atoms with Crippen molar-refractivity contribution < 1.29 is 22.8 Å². The molecule has 4 rings (SSSR count). The summed E-state index contributed by atoms with van der Waals surface area (Å²) in [6.45, 7) is 1.86. The maximum atomic E-state index is 12.7. The van der Waals surface area contributed by atoms with Crippen LogP contribution in [0.25, 0.3) is 0 Å². The van der Waals surface area contributed by atoms with Crippen molar-refractivity contribution in [2.75, 3.05) is 34.9 Å². The number of benzene rings is 3. The first-order chi connectivity index (χ1) is 19.5. The monoisotopic (exact) mass is 563 g/mol. The normalized spacial score (nSPS) is 11.0. The van der Waals surface area contributed by atoms with Crippen LogP contribution in [-0.2, 0) is 6.42 Å². The number of amides is 3. The lowest BCUT2D eigenvalue weighted by molar-refractivity contribution is -0.127. The van der Waals surface area contributed by atoms with Gasteiger partial charge in [0.15, 0.2) is 0 Å². The fraction of sp³-hybridized carbons (Fsp3) is 0.172. The first-order valence-electron chi connectivity index (χ1n) is 12.5. The third kappa shape index (κ3) is 7.94. The average Bonchev–Trinajstić information content (AvgIpc) is 2.93. The first kappa shape index (κ1) is 28.9. The zero-order chi connectivity index (χ0) is 29.6. The molecule has 3 amide bonds. The van der Waals surface area contributed by atoms with Crippen LogP contribution in [0.2, 0.25) is 0 Å². The van der Waals surface area contributed by atoms with E-state index in [1.165, 1.54) is 24.3 Å². The van der Waals surface area contributed by atoms with Crippen LogP contribution in [0, 0.1) is 6.92 Å². The molecule has 0 spiro atoms. The largest absolute Gasteiger partial charge is 0.393 e. The van der Waals surface area contributed by atoms with Crippen molar-refractivity contribution >= 4 is 46.5 Å². The van der Waals surface area contributed by atoms with E-state index in [-0.39, 0.29) is 17.2 Å². The second-order valence-corrected chi connectivity index (χ2v) is 9.15. The number of hydrogen-bond acceptors (Lipinski definition) is 6. The van der Waals surface area contributed by atoms with Crippen LogP contribution in [0.3, 0.4) is 0 Å². The number of hydrogen-bond donors (Lipinski definition) is 4. The van der Waals surface area contributed by atoms with Crippen LogP contribution in [0.5, 0.6) is 0 Å². The standard InChI is InChI=1S/C29H28F3N7O2/c1-18-7-8-22(16-24(18)26(40)33-2)35-27-34-14-13-25(38-27)39(3)23-11-9-20(10-12-23)36-28(41)37-21-6-4-5-19(15-21)17-29(30,31)32/h4-16H,17H2,1-3H3,(H,33,40)(H,34,35,38)(H2,36,37,41). The Hall–Kier alpha value is -5.13. The van der Waals surface area contributed by atoms with Gasteiger partial charge in [0.05, 0.1) is 6.42 Å². The first-order valence-corrected chi connectivity index (χ1v) is 12.5. The molecule has 212 valence electrons.